The Morgan fingerprint density at radius 3 is 1.04 bits per heavy atom. The molecule has 0 fully saturated rings. The summed E-state index contributed by atoms with van der Waals surface area (Å²) in [6.07, 6.45) is -3.08. The van der Waals surface area contributed by atoms with Crippen molar-refractivity contribution in [1.82, 2.24) is 58.7 Å². The molecule has 0 aliphatic carbocycles. The van der Waals surface area contributed by atoms with Crippen molar-refractivity contribution in [3.63, 3.8) is 0 Å². The molecule has 0 saturated carbocycles. The minimum absolute atomic E-state index is 0.0655. The summed E-state index contributed by atoms with van der Waals surface area (Å²) < 4.78 is 46.8. The summed E-state index contributed by atoms with van der Waals surface area (Å²) in [7, 11) is 6.77. The minimum Gasteiger partial charge on any atom is -0.444 e. The number of ether oxygens (including phenoxy) is 7. The molecule has 2 N–H and O–H groups in total. The van der Waals surface area contributed by atoms with Crippen LogP contribution in [-0.2, 0) is 59.3 Å². The van der Waals surface area contributed by atoms with Crippen LogP contribution >= 0.6 is 0 Å². The average Bonchev–Trinajstić information content (AvgIpc) is 1.68. The number of carbonyl (C=O) groups excluding carboxylic acids is 4. The van der Waals surface area contributed by atoms with Crippen LogP contribution in [0.15, 0.2) is 97.1 Å². The molecule has 8 aromatic rings. The first kappa shape index (κ1) is 70.5. The lowest BCUT2D eigenvalue weighted by atomic mass is 10.1. The molecule has 4 aromatic heterocycles. The largest absolute Gasteiger partial charge is 0.444 e. The van der Waals surface area contributed by atoms with E-state index in [2.05, 4.69) is 20.4 Å². The Labute approximate surface area is 543 Å². The summed E-state index contributed by atoms with van der Waals surface area (Å²) in [5, 5.41) is 42.1. The quantitative estimate of drug-likeness (QED) is 0.114. The van der Waals surface area contributed by atoms with E-state index in [1.165, 1.54) is 4.90 Å². The molecule has 25 nitrogen and oxygen atoms in total. The lowest BCUT2D eigenvalue weighted by Gasteiger charge is -2.30. The van der Waals surface area contributed by atoms with Crippen molar-refractivity contribution in [1.29, 1.82) is 0 Å². The van der Waals surface area contributed by atoms with Crippen molar-refractivity contribution in [2.75, 3.05) is 80.8 Å². The number of carbonyl (C=O) groups is 4. The van der Waals surface area contributed by atoms with Crippen molar-refractivity contribution < 1.29 is 62.5 Å². The van der Waals surface area contributed by atoms with E-state index in [-0.39, 0.29) is 56.3 Å². The molecule has 2 unspecified atom stereocenters. The van der Waals surface area contributed by atoms with Gasteiger partial charge in [0.1, 0.15) is 46.8 Å². The zero-order chi connectivity index (χ0) is 67.7. The fraction of sp³-hybridized carbons (Fsp3) is 0.529. The molecule has 25 heteroatoms. The number of aliphatic hydroxyl groups is 2. The number of aliphatic hydroxyl groups excluding tert-OH is 2. The predicted molar refractivity (Wildman–Crippen MR) is 353 cm³/mol. The first-order valence-corrected chi connectivity index (χ1v) is 31.5. The average molecular weight is 1290 g/mol. The second-order valence-electron chi connectivity index (χ2n) is 27.3. The zero-order valence-corrected chi connectivity index (χ0v) is 56.8. The zero-order valence-electron chi connectivity index (χ0n) is 56.8. The third-order valence-electron chi connectivity index (χ3n) is 14.7. The van der Waals surface area contributed by atoms with Gasteiger partial charge in [-0.25, -0.2) is 19.2 Å². The van der Waals surface area contributed by atoms with Gasteiger partial charge in [0.15, 0.2) is 0 Å². The van der Waals surface area contributed by atoms with Crippen LogP contribution in [0, 0.1) is 0 Å². The van der Waals surface area contributed by atoms with E-state index in [1.54, 1.807) is 68.3 Å². The second-order valence-corrected chi connectivity index (χ2v) is 27.3. The number of aromatic nitrogens is 8. The van der Waals surface area contributed by atoms with Crippen LogP contribution in [0.5, 0.6) is 0 Å². The van der Waals surface area contributed by atoms with Gasteiger partial charge in [0, 0.05) is 49.7 Å². The maximum Gasteiger partial charge on any atom is 0.410 e. The topological polar surface area (TPSA) is 258 Å². The highest BCUT2D eigenvalue weighted by atomic mass is 16.6. The van der Waals surface area contributed by atoms with Crippen LogP contribution in [0.25, 0.3) is 43.6 Å². The van der Waals surface area contributed by atoms with E-state index in [0.717, 1.165) is 80.3 Å². The molecule has 7 heterocycles. The van der Waals surface area contributed by atoms with E-state index < -0.39 is 34.6 Å². The number of likely N-dealkylation sites (N-methyl/N-ethyl adjacent to an activating group) is 4. The summed E-state index contributed by atoms with van der Waals surface area (Å²) in [6.45, 7) is 27.6. The molecule has 504 valence electrons. The molecule has 4 aromatic carbocycles. The highest BCUT2D eigenvalue weighted by molar-refractivity contribution is 5.84. The van der Waals surface area contributed by atoms with E-state index in [9.17, 15) is 29.4 Å². The maximum atomic E-state index is 12.2. The van der Waals surface area contributed by atoms with Crippen molar-refractivity contribution in [3.05, 3.63) is 120 Å². The number of hydrogen-bond donors (Lipinski definition) is 2. The van der Waals surface area contributed by atoms with Crippen LogP contribution in [-0.4, -0.2) is 197 Å². The van der Waals surface area contributed by atoms with Crippen LogP contribution in [0.1, 0.15) is 130 Å². The monoisotopic (exact) mass is 1290 g/mol. The van der Waals surface area contributed by atoms with Crippen molar-refractivity contribution in [2.45, 2.75) is 156 Å². The molecule has 11 rings (SSSR count). The Bertz CT molecular complexity index is 3550. The Morgan fingerprint density at radius 1 is 0.462 bits per heavy atom. The highest BCUT2D eigenvalue weighted by Gasteiger charge is 2.33. The van der Waals surface area contributed by atoms with Gasteiger partial charge in [-0.05, 0) is 107 Å². The molecular formula is C68H94N12O13. The van der Waals surface area contributed by atoms with Gasteiger partial charge >= 0.3 is 24.4 Å². The van der Waals surface area contributed by atoms with Gasteiger partial charge in [0.2, 0.25) is 0 Å². The fourth-order valence-electron chi connectivity index (χ4n) is 10.8. The summed E-state index contributed by atoms with van der Waals surface area (Å²) in [5.74, 6) is 0. The van der Waals surface area contributed by atoms with Gasteiger partial charge in [0.25, 0.3) is 0 Å². The minimum atomic E-state index is -0.943. The molecule has 0 saturated heterocycles. The molecule has 93 heavy (non-hydrogen) atoms. The highest BCUT2D eigenvalue weighted by Crippen LogP contribution is 2.34. The van der Waals surface area contributed by atoms with Crippen LogP contribution in [0.3, 0.4) is 0 Å². The maximum absolute atomic E-state index is 12.2. The van der Waals surface area contributed by atoms with Crippen molar-refractivity contribution >= 4 is 68.0 Å². The normalized spacial score (nSPS) is 16.6. The van der Waals surface area contributed by atoms with Crippen LogP contribution in [0.4, 0.5) is 19.2 Å². The Hall–Kier alpha value is -8.36. The number of rotatable bonds is 11. The number of hydrogen-bond acceptors (Lipinski definition) is 17. The van der Waals surface area contributed by atoms with Crippen LogP contribution in [0.2, 0.25) is 0 Å². The van der Waals surface area contributed by atoms with Gasteiger partial charge in [0.05, 0.1) is 124 Å². The summed E-state index contributed by atoms with van der Waals surface area (Å²) in [6, 6.07) is 31.5. The third kappa shape index (κ3) is 18.7. The smallest absolute Gasteiger partial charge is 0.410 e. The second kappa shape index (κ2) is 29.7. The SMILES string of the molecule is CN(CC(O)c1c2ccccc2nn1CCO)C(=O)OC(C)(C)C.CN(CC1OCCn2nc3ccccc3c21)C(=O)OC(C)(C)C.CN(C[C@@H]1OCCn2nc3ccccc3c21)C(=O)OC(C)(C)C.CN(C[C@H]1OCCn2nc3ccccc3c21)C(=O)OC(C)(C)C. The summed E-state index contributed by atoms with van der Waals surface area (Å²) in [4.78, 5) is 54.6. The molecular weight excluding hydrogens is 1190 g/mol. The Kier molecular flexibility index (Phi) is 22.5. The lowest BCUT2D eigenvalue weighted by Crippen LogP contribution is -2.38. The van der Waals surface area contributed by atoms with E-state index in [4.69, 9.17) is 33.2 Å². The lowest BCUT2D eigenvalue weighted by molar-refractivity contribution is -0.0137. The number of benzene rings is 4. The molecule has 0 radical (unpaired) electrons. The van der Waals surface area contributed by atoms with Crippen LogP contribution < -0.4 is 0 Å². The molecule has 3 aliphatic rings. The van der Waals surface area contributed by atoms with Gasteiger partial charge in [-0.3, -0.25) is 18.7 Å². The Morgan fingerprint density at radius 2 is 0.742 bits per heavy atom. The Balaban J connectivity index is 0.000000159. The van der Waals surface area contributed by atoms with Gasteiger partial charge in [-0.2, -0.15) is 20.4 Å². The van der Waals surface area contributed by atoms with E-state index in [0.29, 0.717) is 45.1 Å². The molecule has 4 amide bonds. The summed E-state index contributed by atoms with van der Waals surface area (Å²) >= 11 is 0. The van der Waals surface area contributed by atoms with Gasteiger partial charge in [-0.15, -0.1) is 0 Å². The van der Waals surface area contributed by atoms with Gasteiger partial charge in [-0.1, -0.05) is 72.8 Å². The van der Waals surface area contributed by atoms with Gasteiger partial charge < -0.3 is 63.0 Å². The first-order chi connectivity index (χ1) is 43.8. The number of nitrogens with zero attached hydrogens (tertiary/aromatic N) is 12. The van der Waals surface area contributed by atoms with E-state index >= 15 is 0 Å². The third-order valence-corrected chi connectivity index (χ3v) is 14.7. The fourth-order valence-corrected chi connectivity index (χ4v) is 10.8. The summed E-state index contributed by atoms with van der Waals surface area (Å²) in [5.41, 5.74) is 5.16. The van der Waals surface area contributed by atoms with Crippen molar-refractivity contribution in [2.24, 2.45) is 0 Å². The molecule has 4 atom stereocenters. The molecule has 3 aliphatic heterocycles. The first-order valence-electron chi connectivity index (χ1n) is 31.5. The molecule has 0 bridgehead atoms. The van der Waals surface area contributed by atoms with E-state index in [1.807, 2.05) is 173 Å². The van der Waals surface area contributed by atoms with Crippen molar-refractivity contribution in [3.8, 4) is 0 Å². The molecule has 0 spiro atoms. The number of amides is 4. The predicted octanol–water partition coefficient (Wildman–Crippen LogP) is 10.9. The number of fused-ring (bicyclic) bond motifs is 10. The standard InChI is InChI=1S/C17H25N3O4.3C17H23N3O3/c1-17(2,3)24-16(23)19(4)11-14(22)15-12-7-5-6-8-13(12)18-20(15)9-10-21;3*1-17(2,3)23-16(21)19(4)11-14-15-12-7-5-6-8-13(12)18-20(15)9-10-22-14/h5-8,14,21-22H,9-11H2,1-4H3;3*5-8,14H,9-11H2,1-4H3/t;2*14-;/m.10./s1.